The lowest BCUT2D eigenvalue weighted by Crippen LogP contribution is -2.39. The van der Waals surface area contributed by atoms with Crippen LogP contribution in [0.1, 0.15) is 90.2 Å². The number of hydrogen-bond acceptors (Lipinski definition) is 8. The van der Waals surface area contributed by atoms with E-state index in [0.29, 0.717) is 36.7 Å². The van der Waals surface area contributed by atoms with Crippen molar-refractivity contribution >= 4 is 40.2 Å². The van der Waals surface area contributed by atoms with Crippen molar-refractivity contribution in [1.29, 1.82) is 0 Å². The Hall–Kier alpha value is -4.38. The van der Waals surface area contributed by atoms with Gasteiger partial charge in [0.1, 0.15) is 0 Å². The third kappa shape index (κ3) is 8.24. The Morgan fingerprint density at radius 2 is 1.82 bits per heavy atom. The van der Waals surface area contributed by atoms with Crippen LogP contribution in [0, 0.1) is 6.92 Å². The molecule has 2 aliphatic rings. The largest absolute Gasteiger partial charge is 0.381 e. The molecule has 1 amide bonds. The summed E-state index contributed by atoms with van der Waals surface area (Å²) >= 11 is 1.59. The van der Waals surface area contributed by atoms with E-state index in [1.807, 2.05) is 61.5 Å². The van der Waals surface area contributed by atoms with Crippen LogP contribution in [0.2, 0.25) is 0 Å². The normalized spacial score (nSPS) is 16.5. The van der Waals surface area contributed by atoms with Crippen molar-refractivity contribution in [3.63, 3.8) is 0 Å². The molecule has 1 aliphatic heterocycles. The van der Waals surface area contributed by atoms with Crippen LogP contribution in [-0.2, 0) is 29.4 Å². The minimum Gasteiger partial charge on any atom is -0.381 e. The predicted molar refractivity (Wildman–Crippen MR) is 206 cm³/mol. The van der Waals surface area contributed by atoms with Crippen molar-refractivity contribution in [3.05, 3.63) is 103 Å². The summed E-state index contributed by atoms with van der Waals surface area (Å²) in [6.45, 7) is 10.3. The van der Waals surface area contributed by atoms with Gasteiger partial charge >= 0.3 is 0 Å². The number of likely N-dealkylation sites (N-methyl/N-ethyl adjacent to an activating group) is 1. The number of rotatable bonds is 11. The van der Waals surface area contributed by atoms with Crippen LogP contribution in [-0.4, -0.2) is 51.9 Å². The van der Waals surface area contributed by atoms with Gasteiger partial charge in [-0.1, -0.05) is 37.3 Å². The molecule has 0 radical (unpaired) electrons. The van der Waals surface area contributed by atoms with Crippen molar-refractivity contribution in [2.24, 2.45) is 7.05 Å². The van der Waals surface area contributed by atoms with Gasteiger partial charge < -0.3 is 19.9 Å². The molecule has 0 bridgehead atoms. The SMILES string of the molecule is CCN(C(C)C)C(C(=O)/C1=C\CCOCCC1)c1ccc(Nc2nc(-c3cccc(NC(=O)c4cc5c(s4)CCCC5)c3C)cn(C)c2=O)cc1. The molecule has 51 heavy (non-hydrogen) atoms. The maximum Gasteiger partial charge on any atom is 0.293 e. The molecule has 0 spiro atoms. The number of anilines is 3. The molecule has 0 saturated carbocycles. The highest BCUT2D eigenvalue weighted by atomic mass is 32.1. The number of ether oxygens (including phenoxy) is 1. The van der Waals surface area contributed by atoms with E-state index in [0.717, 1.165) is 59.4 Å². The number of nitrogens with zero attached hydrogens (tertiary/aromatic N) is 3. The molecule has 0 fully saturated rings. The Morgan fingerprint density at radius 3 is 2.57 bits per heavy atom. The highest BCUT2D eigenvalue weighted by molar-refractivity contribution is 7.14. The molecule has 4 aromatic rings. The second kappa shape index (κ2) is 16.3. The number of aromatic nitrogens is 2. The van der Waals surface area contributed by atoms with E-state index in [-0.39, 0.29) is 29.1 Å². The molecular weight excluding hydrogens is 659 g/mol. The number of carbonyl (C=O) groups is 2. The molecule has 1 unspecified atom stereocenters. The van der Waals surface area contributed by atoms with Gasteiger partial charge in [-0.15, -0.1) is 11.3 Å². The number of Topliss-reactive ketones (excluding diaryl/α,β-unsaturated/α-hetero) is 1. The maximum atomic E-state index is 14.1. The second-order valence-electron chi connectivity index (χ2n) is 13.8. The lowest BCUT2D eigenvalue weighted by molar-refractivity contribution is -0.121. The highest BCUT2D eigenvalue weighted by Gasteiger charge is 2.30. The molecule has 2 N–H and O–H groups in total. The van der Waals surface area contributed by atoms with E-state index in [2.05, 4.69) is 36.3 Å². The molecule has 10 heteroatoms. The molecule has 1 atom stereocenters. The number of carbonyl (C=O) groups excluding carboxylic acids is 2. The first-order valence-electron chi connectivity index (χ1n) is 18.2. The fourth-order valence-electron chi connectivity index (χ4n) is 7.16. The van der Waals surface area contributed by atoms with Crippen LogP contribution in [0.25, 0.3) is 11.3 Å². The molecule has 2 aromatic carbocycles. The molecule has 1 aliphatic carbocycles. The van der Waals surface area contributed by atoms with E-state index in [4.69, 9.17) is 9.72 Å². The quantitative estimate of drug-likeness (QED) is 0.162. The van der Waals surface area contributed by atoms with Gasteiger partial charge in [0.15, 0.2) is 11.6 Å². The molecule has 2 aromatic heterocycles. The zero-order valence-corrected chi connectivity index (χ0v) is 31.2. The van der Waals surface area contributed by atoms with Gasteiger partial charge in [0.2, 0.25) is 0 Å². The first-order chi connectivity index (χ1) is 24.6. The summed E-state index contributed by atoms with van der Waals surface area (Å²) in [5.41, 5.74) is 6.51. The van der Waals surface area contributed by atoms with Gasteiger partial charge in [-0.05, 0) is 119 Å². The zero-order chi connectivity index (χ0) is 36.1. The minimum absolute atomic E-state index is 0.107. The van der Waals surface area contributed by atoms with Crippen molar-refractivity contribution in [1.82, 2.24) is 14.5 Å². The number of amides is 1. The Bertz CT molecular complexity index is 1950. The fourth-order valence-corrected chi connectivity index (χ4v) is 8.31. The fraction of sp³-hybridized carbons (Fsp3) is 0.415. The number of benzene rings is 2. The lowest BCUT2D eigenvalue weighted by atomic mass is 9.91. The molecule has 3 heterocycles. The third-order valence-electron chi connectivity index (χ3n) is 9.95. The number of thiophene rings is 1. The summed E-state index contributed by atoms with van der Waals surface area (Å²) in [4.78, 5) is 49.7. The predicted octanol–water partition coefficient (Wildman–Crippen LogP) is 8.16. The van der Waals surface area contributed by atoms with Gasteiger partial charge in [0.05, 0.1) is 23.2 Å². The van der Waals surface area contributed by atoms with E-state index in [1.54, 1.807) is 24.6 Å². The van der Waals surface area contributed by atoms with Crippen molar-refractivity contribution in [2.45, 2.75) is 84.7 Å². The molecule has 6 rings (SSSR count). The summed E-state index contributed by atoms with van der Waals surface area (Å²) in [6.07, 6.45) is 10.5. The summed E-state index contributed by atoms with van der Waals surface area (Å²) in [5, 5.41) is 6.36. The number of hydrogen-bond donors (Lipinski definition) is 2. The number of ketones is 1. The Morgan fingerprint density at radius 1 is 1.04 bits per heavy atom. The molecule has 268 valence electrons. The topological polar surface area (TPSA) is 106 Å². The van der Waals surface area contributed by atoms with E-state index in [1.165, 1.54) is 27.8 Å². The number of aryl methyl sites for hydroxylation is 3. The van der Waals surface area contributed by atoms with Gasteiger partial charge in [-0.2, -0.15) is 0 Å². The van der Waals surface area contributed by atoms with Gasteiger partial charge in [0.25, 0.3) is 11.5 Å². The van der Waals surface area contributed by atoms with Crippen molar-refractivity contribution in [3.8, 4) is 11.3 Å². The smallest absolute Gasteiger partial charge is 0.293 e. The van der Waals surface area contributed by atoms with Crippen LogP contribution in [0.4, 0.5) is 17.2 Å². The molecular formula is C41H49N5O4S. The summed E-state index contributed by atoms with van der Waals surface area (Å²) < 4.78 is 7.12. The minimum atomic E-state index is -0.411. The van der Waals surface area contributed by atoms with E-state index >= 15 is 0 Å². The Kier molecular flexibility index (Phi) is 11.6. The van der Waals surface area contributed by atoms with Crippen molar-refractivity contribution in [2.75, 3.05) is 30.4 Å². The van der Waals surface area contributed by atoms with Crippen LogP contribution in [0.3, 0.4) is 0 Å². The number of fused-ring (bicyclic) bond motifs is 1. The van der Waals surface area contributed by atoms with E-state index < -0.39 is 6.04 Å². The van der Waals surface area contributed by atoms with Gasteiger partial charge in [0, 0.05) is 47.7 Å². The second-order valence-corrected chi connectivity index (χ2v) is 14.9. The Balaban J connectivity index is 1.24. The average molecular weight is 708 g/mol. The van der Waals surface area contributed by atoms with E-state index in [9.17, 15) is 14.4 Å². The zero-order valence-electron chi connectivity index (χ0n) is 30.4. The standard InChI is InChI=1S/C41H49N5O4S/c1-6-46(26(2)3)37(38(47)29-13-10-22-50-23-11-14-29)28-18-20-31(21-19-28)42-39-41(49)45(5)25-34(43-39)32-15-9-16-33(27(32)4)44-40(48)36-24-30-12-7-8-17-35(30)51-36/h9,13,15-16,18-21,24-26,37H,6-8,10-12,14,17,22-23H2,1-5H3,(H,42,43)(H,44,48)/b29-13-. The maximum absolute atomic E-state index is 14.1. The summed E-state index contributed by atoms with van der Waals surface area (Å²) in [5.74, 6) is 0.219. The number of nitrogens with one attached hydrogen (secondary N) is 2. The lowest BCUT2D eigenvalue weighted by Gasteiger charge is -2.34. The van der Waals surface area contributed by atoms with Crippen LogP contribution < -0.4 is 16.2 Å². The highest BCUT2D eigenvalue weighted by Crippen LogP contribution is 2.33. The van der Waals surface area contributed by atoms with Crippen LogP contribution in [0.15, 0.2) is 71.2 Å². The van der Waals surface area contributed by atoms with Crippen molar-refractivity contribution < 1.29 is 14.3 Å². The first kappa shape index (κ1) is 36.4. The molecule has 9 nitrogen and oxygen atoms in total. The monoisotopic (exact) mass is 707 g/mol. The van der Waals surface area contributed by atoms with Crippen LogP contribution >= 0.6 is 11.3 Å². The Labute approximate surface area is 304 Å². The van der Waals surface area contributed by atoms with Crippen LogP contribution in [0.5, 0.6) is 0 Å². The van der Waals surface area contributed by atoms with Gasteiger partial charge in [-0.25, -0.2) is 4.98 Å². The third-order valence-corrected chi connectivity index (χ3v) is 11.2. The summed E-state index contributed by atoms with van der Waals surface area (Å²) in [6, 6.07) is 15.3. The summed E-state index contributed by atoms with van der Waals surface area (Å²) in [7, 11) is 1.71. The first-order valence-corrected chi connectivity index (χ1v) is 19.0. The molecule has 0 saturated heterocycles. The van der Waals surface area contributed by atoms with Gasteiger partial charge in [-0.3, -0.25) is 19.3 Å². The average Bonchev–Trinajstić information content (AvgIpc) is 3.55.